The number of fused-ring (bicyclic) bond motifs is 3. The van der Waals surface area contributed by atoms with Crippen LogP contribution in [0.4, 0.5) is 0 Å². The molecule has 0 aliphatic heterocycles. The molecule has 8 rings (SSSR count). The summed E-state index contributed by atoms with van der Waals surface area (Å²) in [6.07, 6.45) is 10.5. The number of rotatable bonds is 4. The summed E-state index contributed by atoms with van der Waals surface area (Å²) in [6, 6.07) is 44.9. The number of pyridine rings is 1. The molecule has 1 aliphatic rings. The van der Waals surface area contributed by atoms with Gasteiger partial charge in [0.25, 0.3) is 0 Å². The van der Waals surface area contributed by atoms with Gasteiger partial charge in [-0.15, -0.1) is 0 Å². The molecule has 0 atom stereocenters. The first kappa shape index (κ1) is 25.4. The second kappa shape index (κ2) is 10.5. The zero-order valence-corrected chi connectivity index (χ0v) is 24.2. The van der Waals surface area contributed by atoms with Gasteiger partial charge >= 0.3 is 0 Å². The molecule has 0 N–H and O–H groups in total. The van der Waals surface area contributed by atoms with Gasteiger partial charge in [-0.1, -0.05) is 115 Å². The minimum absolute atomic E-state index is 1.10. The molecule has 0 bridgehead atoms. The molecular weight excluding hydrogens is 518 g/mol. The number of aryl methyl sites for hydroxylation is 2. The maximum atomic E-state index is 4.16. The van der Waals surface area contributed by atoms with E-state index in [2.05, 4.69) is 145 Å². The molecule has 204 valence electrons. The van der Waals surface area contributed by atoms with Crippen LogP contribution in [0.5, 0.6) is 0 Å². The molecule has 0 unspecified atom stereocenters. The molecular formula is C42H31N. The van der Waals surface area contributed by atoms with E-state index in [0.717, 1.165) is 12.8 Å². The van der Waals surface area contributed by atoms with Crippen LogP contribution < -0.4 is 0 Å². The maximum Gasteiger partial charge on any atom is 0.0273 e. The maximum absolute atomic E-state index is 4.16. The summed E-state index contributed by atoms with van der Waals surface area (Å²) in [5.41, 5.74) is 14.1. The van der Waals surface area contributed by atoms with E-state index in [1.165, 1.54) is 82.7 Å². The molecule has 7 aromatic rings. The average Bonchev–Trinajstić information content (AvgIpc) is 3.08. The first-order valence-corrected chi connectivity index (χ1v) is 15.1. The van der Waals surface area contributed by atoms with E-state index >= 15 is 0 Å². The molecule has 1 heteroatoms. The summed E-state index contributed by atoms with van der Waals surface area (Å²) in [5.74, 6) is 0. The summed E-state index contributed by atoms with van der Waals surface area (Å²) < 4.78 is 0. The van der Waals surface area contributed by atoms with E-state index in [0.29, 0.717) is 0 Å². The standard InChI is InChI=1S/C42H31N/c1-28-14-15-34(31-18-16-30(17-19-31)32-22-24-43-25-23-32)27-40(28)42-38-12-6-4-10-36(38)41(37-11-5-7-13-39(37)42)35-21-20-29-8-2-3-9-33(29)26-35/h2,4-8,10-27H,3,9H2,1H3. The van der Waals surface area contributed by atoms with Crippen molar-refractivity contribution in [2.75, 3.05) is 0 Å². The van der Waals surface area contributed by atoms with Crippen LogP contribution in [0.3, 0.4) is 0 Å². The van der Waals surface area contributed by atoms with Crippen molar-refractivity contribution in [3.8, 4) is 44.5 Å². The molecule has 0 amide bonds. The Labute approximate surface area is 252 Å². The second-order valence-corrected chi connectivity index (χ2v) is 11.5. The number of aromatic nitrogens is 1. The largest absolute Gasteiger partial charge is 0.265 e. The van der Waals surface area contributed by atoms with Crippen molar-refractivity contribution >= 4 is 27.6 Å². The molecule has 0 spiro atoms. The van der Waals surface area contributed by atoms with Crippen molar-refractivity contribution < 1.29 is 0 Å². The van der Waals surface area contributed by atoms with Crippen LogP contribution in [0.15, 0.2) is 140 Å². The van der Waals surface area contributed by atoms with Crippen molar-refractivity contribution in [2.45, 2.75) is 19.8 Å². The monoisotopic (exact) mass is 549 g/mol. The van der Waals surface area contributed by atoms with Crippen LogP contribution in [0.1, 0.15) is 23.1 Å². The Hall–Kier alpha value is -5.27. The van der Waals surface area contributed by atoms with E-state index in [-0.39, 0.29) is 0 Å². The Kier molecular flexibility index (Phi) is 6.23. The fourth-order valence-electron chi connectivity index (χ4n) is 6.79. The van der Waals surface area contributed by atoms with Gasteiger partial charge in [0.05, 0.1) is 0 Å². The third-order valence-electron chi connectivity index (χ3n) is 8.98. The highest BCUT2D eigenvalue weighted by atomic mass is 14.6. The van der Waals surface area contributed by atoms with Crippen molar-refractivity contribution in [3.63, 3.8) is 0 Å². The highest BCUT2D eigenvalue weighted by Gasteiger charge is 2.19. The van der Waals surface area contributed by atoms with Gasteiger partial charge < -0.3 is 0 Å². The molecule has 0 saturated carbocycles. The lowest BCUT2D eigenvalue weighted by molar-refractivity contribution is 0.986. The molecule has 43 heavy (non-hydrogen) atoms. The Morgan fingerprint density at radius 3 is 1.74 bits per heavy atom. The molecule has 0 fully saturated rings. The lowest BCUT2D eigenvalue weighted by atomic mass is 9.83. The SMILES string of the molecule is Cc1ccc(-c2ccc(-c3ccncc3)cc2)cc1-c1c2ccccc2c(-c2ccc3c(c2)CCC=C3)c2ccccc12. The van der Waals surface area contributed by atoms with Gasteiger partial charge in [-0.25, -0.2) is 0 Å². The van der Waals surface area contributed by atoms with E-state index in [1.54, 1.807) is 0 Å². The van der Waals surface area contributed by atoms with Gasteiger partial charge in [-0.3, -0.25) is 4.98 Å². The Bertz CT molecular complexity index is 2110. The second-order valence-electron chi connectivity index (χ2n) is 11.5. The Morgan fingerprint density at radius 1 is 0.512 bits per heavy atom. The smallest absolute Gasteiger partial charge is 0.0273 e. The van der Waals surface area contributed by atoms with Crippen molar-refractivity contribution in [1.29, 1.82) is 0 Å². The average molecular weight is 550 g/mol. The van der Waals surface area contributed by atoms with Crippen LogP contribution in [0.25, 0.3) is 72.1 Å². The zero-order valence-electron chi connectivity index (χ0n) is 24.2. The lowest BCUT2D eigenvalue weighted by Gasteiger charge is -2.20. The van der Waals surface area contributed by atoms with E-state index in [9.17, 15) is 0 Å². The number of allylic oxidation sites excluding steroid dienone is 1. The lowest BCUT2D eigenvalue weighted by Crippen LogP contribution is -1.96. The summed E-state index contributed by atoms with van der Waals surface area (Å²) in [6.45, 7) is 2.24. The number of benzene rings is 6. The molecule has 1 nitrogen and oxygen atoms in total. The molecule has 1 aromatic heterocycles. The van der Waals surface area contributed by atoms with Crippen molar-refractivity contribution in [1.82, 2.24) is 4.98 Å². The van der Waals surface area contributed by atoms with E-state index < -0.39 is 0 Å². The predicted octanol–water partition coefficient (Wildman–Crippen LogP) is 11.3. The minimum atomic E-state index is 1.10. The Morgan fingerprint density at radius 2 is 1.07 bits per heavy atom. The van der Waals surface area contributed by atoms with Gasteiger partial charge in [0.2, 0.25) is 0 Å². The van der Waals surface area contributed by atoms with Crippen LogP contribution in [-0.2, 0) is 6.42 Å². The van der Waals surface area contributed by atoms with Crippen molar-refractivity contribution in [3.05, 3.63) is 156 Å². The van der Waals surface area contributed by atoms with Gasteiger partial charge in [0.1, 0.15) is 0 Å². The summed E-state index contributed by atoms with van der Waals surface area (Å²) >= 11 is 0. The molecule has 0 saturated heterocycles. The first-order chi connectivity index (χ1) is 21.2. The molecule has 1 heterocycles. The van der Waals surface area contributed by atoms with Crippen LogP contribution in [0, 0.1) is 6.92 Å². The summed E-state index contributed by atoms with van der Waals surface area (Å²) in [5, 5.41) is 5.19. The Balaban J connectivity index is 1.33. The van der Waals surface area contributed by atoms with E-state index in [4.69, 9.17) is 0 Å². The zero-order chi connectivity index (χ0) is 28.8. The van der Waals surface area contributed by atoms with Gasteiger partial charge in [-0.05, 0) is 121 Å². The fourth-order valence-corrected chi connectivity index (χ4v) is 6.79. The highest BCUT2D eigenvalue weighted by Crippen LogP contribution is 2.45. The van der Waals surface area contributed by atoms with Gasteiger partial charge in [0.15, 0.2) is 0 Å². The highest BCUT2D eigenvalue weighted by molar-refractivity contribution is 6.21. The number of hydrogen-bond donors (Lipinski definition) is 0. The van der Waals surface area contributed by atoms with Gasteiger partial charge in [-0.2, -0.15) is 0 Å². The van der Waals surface area contributed by atoms with Crippen LogP contribution >= 0.6 is 0 Å². The quantitative estimate of drug-likeness (QED) is 0.199. The normalized spacial score (nSPS) is 12.5. The molecule has 0 radical (unpaired) electrons. The fraction of sp³-hybridized carbons (Fsp3) is 0.0714. The molecule has 1 aliphatic carbocycles. The third-order valence-corrected chi connectivity index (χ3v) is 8.98. The summed E-state index contributed by atoms with van der Waals surface area (Å²) in [7, 11) is 0. The van der Waals surface area contributed by atoms with Crippen LogP contribution in [0.2, 0.25) is 0 Å². The third kappa shape index (κ3) is 4.45. The van der Waals surface area contributed by atoms with Crippen molar-refractivity contribution in [2.24, 2.45) is 0 Å². The molecule has 6 aromatic carbocycles. The topological polar surface area (TPSA) is 12.9 Å². The number of nitrogens with zero attached hydrogens (tertiary/aromatic N) is 1. The van der Waals surface area contributed by atoms with E-state index in [1.807, 2.05) is 12.4 Å². The summed E-state index contributed by atoms with van der Waals surface area (Å²) in [4.78, 5) is 4.16. The first-order valence-electron chi connectivity index (χ1n) is 15.1. The number of hydrogen-bond acceptors (Lipinski definition) is 1. The minimum Gasteiger partial charge on any atom is -0.265 e. The van der Waals surface area contributed by atoms with Gasteiger partial charge in [0, 0.05) is 12.4 Å². The predicted molar refractivity (Wildman–Crippen MR) is 183 cm³/mol. The van der Waals surface area contributed by atoms with Crippen LogP contribution in [-0.4, -0.2) is 4.98 Å².